The van der Waals surface area contributed by atoms with Gasteiger partial charge in [-0.05, 0) is 37.5 Å². The average Bonchev–Trinajstić information content (AvgIpc) is 2.95. The van der Waals surface area contributed by atoms with Crippen molar-refractivity contribution in [2.75, 3.05) is 27.3 Å². The number of halogens is 1. The fourth-order valence-corrected chi connectivity index (χ4v) is 2.55. The zero-order chi connectivity index (χ0) is 14.7. The van der Waals surface area contributed by atoms with Crippen LogP contribution in [0.1, 0.15) is 23.7 Å². The molecule has 1 fully saturated rings. The molecule has 1 aliphatic rings. The second-order valence-electron chi connectivity index (χ2n) is 5.23. The first kappa shape index (κ1) is 17.6. The molecule has 2 atom stereocenters. The molecule has 0 aromatic heterocycles. The van der Waals surface area contributed by atoms with E-state index in [1.807, 2.05) is 11.8 Å². The Morgan fingerprint density at radius 2 is 2.00 bits per heavy atom. The van der Waals surface area contributed by atoms with E-state index in [1.54, 1.807) is 32.4 Å². The molecule has 0 bridgehead atoms. The topological polar surface area (TPSA) is 64.8 Å². The van der Waals surface area contributed by atoms with Crippen LogP contribution >= 0.6 is 12.4 Å². The number of methoxy groups -OCH3 is 2. The Balaban J connectivity index is 0.00000220. The van der Waals surface area contributed by atoms with Crippen molar-refractivity contribution in [1.82, 2.24) is 4.90 Å². The summed E-state index contributed by atoms with van der Waals surface area (Å²) in [6, 6.07) is 5.37. The summed E-state index contributed by atoms with van der Waals surface area (Å²) in [5, 5.41) is 0. The van der Waals surface area contributed by atoms with Gasteiger partial charge in [0.2, 0.25) is 0 Å². The smallest absolute Gasteiger partial charge is 0.254 e. The Bertz CT molecular complexity index is 494. The van der Waals surface area contributed by atoms with Gasteiger partial charge in [-0.3, -0.25) is 4.79 Å². The number of carbonyl (C=O) groups is 1. The lowest BCUT2D eigenvalue weighted by Crippen LogP contribution is -2.33. The van der Waals surface area contributed by atoms with Gasteiger partial charge < -0.3 is 20.1 Å². The van der Waals surface area contributed by atoms with E-state index >= 15 is 0 Å². The Labute approximate surface area is 131 Å². The molecule has 1 amide bonds. The molecule has 1 aromatic carbocycles. The maximum absolute atomic E-state index is 12.5. The number of rotatable bonds is 4. The van der Waals surface area contributed by atoms with Gasteiger partial charge in [0.05, 0.1) is 14.2 Å². The van der Waals surface area contributed by atoms with E-state index in [9.17, 15) is 4.79 Å². The first-order chi connectivity index (χ1) is 9.56. The van der Waals surface area contributed by atoms with Gasteiger partial charge in [0, 0.05) is 24.7 Å². The number of ether oxygens (including phenoxy) is 2. The van der Waals surface area contributed by atoms with Crippen LogP contribution in [-0.2, 0) is 0 Å². The standard InChI is InChI=1S/C15H22N2O3.ClH/c1-10(16)12-6-7-17(9-12)15(18)11-4-5-13(19-2)14(8-11)20-3;/h4-5,8,10,12H,6-7,9,16H2,1-3H3;1H. The van der Waals surface area contributed by atoms with E-state index in [-0.39, 0.29) is 24.4 Å². The number of hydrogen-bond acceptors (Lipinski definition) is 4. The number of amides is 1. The number of likely N-dealkylation sites (tertiary alicyclic amines) is 1. The van der Waals surface area contributed by atoms with Gasteiger partial charge in [0.1, 0.15) is 0 Å². The Hall–Kier alpha value is -1.46. The summed E-state index contributed by atoms with van der Waals surface area (Å²) in [5.41, 5.74) is 6.53. The summed E-state index contributed by atoms with van der Waals surface area (Å²) >= 11 is 0. The van der Waals surface area contributed by atoms with Crippen LogP contribution in [-0.4, -0.2) is 44.2 Å². The predicted octanol–water partition coefficient (Wildman–Crippen LogP) is 1.93. The first-order valence-corrected chi connectivity index (χ1v) is 6.83. The summed E-state index contributed by atoms with van der Waals surface area (Å²) in [7, 11) is 3.14. The number of nitrogens with two attached hydrogens (primary N) is 1. The summed E-state index contributed by atoms with van der Waals surface area (Å²) in [5.74, 6) is 1.61. The Kier molecular flexibility index (Phi) is 6.30. The minimum atomic E-state index is 0. The quantitative estimate of drug-likeness (QED) is 0.922. The van der Waals surface area contributed by atoms with Crippen molar-refractivity contribution >= 4 is 18.3 Å². The molecule has 1 saturated heterocycles. The lowest BCUT2D eigenvalue weighted by Gasteiger charge is -2.19. The van der Waals surface area contributed by atoms with Crippen molar-refractivity contribution in [2.45, 2.75) is 19.4 Å². The van der Waals surface area contributed by atoms with Gasteiger partial charge in [0.15, 0.2) is 11.5 Å². The predicted molar refractivity (Wildman–Crippen MR) is 84.5 cm³/mol. The van der Waals surface area contributed by atoms with E-state index in [1.165, 1.54) is 0 Å². The molecule has 0 aliphatic carbocycles. The molecule has 2 N–H and O–H groups in total. The van der Waals surface area contributed by atoms with Gasteiger partial charge in [0.25, 0.3) is 5.91 Å². The molecule has 1 aromatic rings. The first-order valence-electron chi connectivity index (χ1n) is 6.83. The molecule has 118 valence electrons. The van der Waals surface area contributed by atoms with E-state index < -0.39 is 0 Å². The fraction of sp³-hybridized carbons (Fsp3) is 0.533. The highest BCUT2D eigenvalue weighted by Crippen LogP contribution is 2.29. The SMILES string of the molecule is COc1ccc(C(=O)N2CCC(C(C)N)C2)cc1OC.Cl. The molecular formula is C15H23ClN2O3. The Morgan fingerprint density at radius 3 is 2.52 bits per heavy atom. The normalized spacial score (nSPS) is 18.9. The zero-order valence-electron chi connectivity index (χ0n) is 12.7. The highest BCUT2D eigenvalue weighted by molar-refractivity contribution is 5.95. The largest absolute Gasteiger partial charge is 0.493 e. The minimum absolute atomic E-state index is 0. The molecule has 1 heterocycles. The zero-order valence-corrected chi connectivity index (χ0v) is 13.5. The van der Waals surface area contributed by atoms with Crippen LogP contribution < -0.4 is 15.2 Å². The molecule has 0 spiro atoms. The number of nitrogens with zero attached hydrogens (tertiary/aromatic N) is 1. The van der Waals surface area contributed by atoms with Crippen molar-refractivity contribution in [1.29, 1.82) is 0 Å². The van der Waals surface area contributed by atoms with Crippen LogP contribution in [0.25, 0.3) is 0 Å². The molecular weight excluding hydrogens is 292 g/mol. The lowest BCUT2D eigenvalue weighted by molar-refractivity contribution is 0.0785. The molecule has 0 radical (unpaired) electrons. The Morgan fingerprint density at radius 1 is 1.33 bits per heavy atom. The molecule has 0 saturated carbocycles. The van der Waals surface area contributed by atoms with Crippen molar-refractivity contribution in [3.05, 3.63) is 23.8 Å². The van der Waals surface area contributed by atoms with Gasteiger partial charge in [-0.15, -0.1) is 12.4 Å². The number of benzene rings is 1. The highest BCUT2D eigenvalue weighted by atomic mass is 35.5. The van der Waals surface area contributed by atoms with Gasteiger partial charge in [-0.25, -0.2) is 0 Å². The van der Waals surface area contributed by atoms with Crippen LogP contribution in [0.4, 0.5) is 0 Å². The van der Waals surface area contributed by atoms with Crippen molar-refractivity contribution in [2.24, 2.45) is 11.7 Å². The van der Waals surface area contributed by atoms with Crippen LogP contribution in [0, 0.1) is 5.92 Å². The van der Waals surface area contributed by atoms with Gasteiger partial charge in [-0.2, -0.15) is 0 Å². The molecule has 5 nitrogen and oxygen atoms in total. The van der Waals surface area contributed by atoms with Crippen molar-refractivity contribution in [3.8, 4) is 11.5 Å². The van der Waals surface area contributed by atoms with Crippen LogP contribution in [0.3, 0.4) is 0 Å². The summed E-state index contributed by atoms with van der Waals surface area (Å²) < 4.78 is 10.4. The molecule has 1 aliphatic heterocycles. The highest BCUT2D eigenvalue weighted by Gasteiger charge is 2.29. The molecule has 6 heteroatoms. The summed E-state index contributed by atoms with van der Waals surface area (Å²) in [6.07, 6.45) is 0.969. The monoisotopic (exact) mass is 314 g/mol. The van der Waals surface area contributed by atoms with E-state index in [2.05, 4.69) is 0 Å². The van der Waals surface area contributed by atoms with Crippen LogP contribution in [0.5, 0.6) is 11.5 Å². The van der Waals surface area contributed by atoms with Crippen LogP contribution in [0.2, 0.25) is 0 Å². The summed E-state index contributed by atoms with van der Waals surface area (Å²) in [6.45, 7) is 3.49. The van der Waals surface area contributed by atoms with E-state index in [4.69, 9.17) is 15.2 Å². The third-order valence-corrected chi connectivity index (χ3v) is 3.89. The second-order valence-corrected chi connectivity index (χ2v) is 5.23. The number of carbonyl (C=O) groups excluding carboxylic acids is 1. The third-order valence-electron chi connectivity index (χ3n) is 3.89. The lowest BCUT2D eigenvalue weighted by atomic mass is 10.0. The van der Waals surface area contributed by atoms with Gasteiger partial charge >= 0.3 is 0 Å². The van der Waals surface area contributed by atoms with E-state index in [0.717, 1.165) is 19.5 Å². The van der Waals surface area contributed by atoms with Crippen molar-refractivity contribution < 1.29 is 14.3 Å². The van der Waals surface area contributed by atoms with E-state index in [0.29, 0.717) is 23.0 Å². The second kappa shape index (κ2) is 7.52. The maximum Gasteiger partial charge on any atom is 0.254 e. The minimum Gasteiger partial charge on any atom is -0.493 e. The summed E-state index contributed by atoms with van der Waals surface area (Å²) in [4.78, 5) is 14.3. The van der Waals surface area contributed by atoms with Crippen LogP contribution in [0.15, 0.2) is 18.2 Å². The molecule has 2 rings (SSSR count). The fourth-order valence-electron chi connectivity index (χ4n) is 2.55. The molecule has 2 unspecified atom stereocenters. The van der Waals surface area contributed by atoms with Crippen molar-refractivity contribution in [3.63, 3.8) is 0 Å². The third kappa shape index (κ3) is 3.80. The number of hydrogen-bond donors (Lipinski definition) is 1. The maximum atomic E-state index is 12.5. The van der Waals surface area contributed by atoms with Gasteiger partial charge in [-0.1, -0.05) is 0 Å². The average molecular weight is 315 g/mol. The molecule has 21 heavy (non-hydrogen) atoms.